The van der Waals surface area contributed by atoms with E-state index in [1.807, 2.05) is 25.3 Å². The Morgan fingerprint density at radius 1 is 1.10 bits per heavy atom. The van der Waals surface area contributed by atoms with Gasteiger partial charge in [0.1, 0.15) is 10.6 Å². The van der Waals surface area contributed by atoms with E-state index in [0.717, 1.165) is 24.2 Å². The maximum atomic E-state index is 13.2. The topological polar surface area (TPSA) is 75.7 Å². The molecule has 2 aromatic carbocycles. The van der Waals surface area contributed by atoms with Gasteiger partial charge in [-0.15, -0.1) is 11.8 Å². The normalized spacial score (nSPS) is 15.1. The molecule has 1 fully saturated rings. The van der Waals surface area contributed by atoms with Gasteiger partial charge >= 0.3 is 0 Å². The van der Waals surface area contributed by atoms with Crippen LogP contribution in [0.2, 0.25) is 0 Å². The molecule has 1 heterocycles. The van der Waals surface area contributed by atoms with Crippen LogP contribution >= 0.6 is 11.8 Å². The van der Waals surface area contributed by atoms with E-state index < -0.39 is 10.0 Å². The summed E-state index contributed by atoms with van der Waals surface area (Å²) in [5.41, 5.74) is 0.931. The van der Waals surface area contributed by atoms with Gasteiger partial charge in [0.2, 0.25) is 10.0 Å². The molecule has 0 atom stereocenters. The van der Waals surface area contributed by atoms with Crippen LogP contribution in [-0.2, 0) is 10.0 Å². The van der Waals surface area contributed by atoms with Gasteiger partial charge in [0.25, 0.3) is 5.91 Å². The number of carbonyl (C=O) groups is 1. The molecule has 2 aromatic rings. The second-order valence-electron chi connectivity index (χ2n) is 6.74. The van der Waals surface area contributed by atoms with Gasteiger partial charge in [-0.05, 0) is 68.5 Å². The fraction of sp³-hybridized carbons (Fsp3) is 0.381. The third-order valence-electron chi connectivity index (χ3n) is 4.79. The maximum absolute atomic E-state index is 13.2. The van der Waals surface area contributed by atoms with Crippen molar-refractivity contribution in [3.05, 3.63) is 48.0 Å². The minimum absolute atomic E-state index is 0.0942. The Labute approximate surface area is 176 Å². The summed E-state index contributed by atoms with van der Waals surface area (Å²) < 4.78 is 33.4. The average Bonchev–Trinajstić information content (AvgIpc) is 2.75. The lowest BCUT2D eigenvalue weighted by Gasteiger charge is -2.27. The summed E-state index contributed by atoms with van der Waals surface area (Å²) in [6.07, 6.45) is 4.71. The van der Waals surface area contributed by atoms with Gasteiger partial charge in [0.05, 0.1) is 6.61 Å². The molecule has 6 nitrogen and oxygen atoms in total. The van der Waals surface area contributed by atoms with E-state index in [1.54, 1.807) is 36.0 Å². The molecular weight excluding hydrogens is 408 g/mol. The highest BCUT2D eigenvalue weighted by Gasteiger charge is 2.29. The summed E-state index contributed by atoms with van der Waals surface area (Å²) >= 11 is 1.60. The Bertz CT molecular complexity index is 953. The van der Waals surface area contributed by atoms with Crippen LogP contribution in [0.3, 0.4) is 0 Å². The zero-order valence-corrected chi connectivity index (χ0v) is 18.3. The zero-order valence-electron chi connectivity index (χ0n) is 16.7. The maximum Gasteiger partial charge on any atom is 0.255 e. The Morgan fingerprint density at radius 3 is 2.41 bits per heavy atom. The average molecular weight is 435 g/mol. The van der Waals surface area contributed by atoms with Crippen molar-refractivity contribution in [2.24, 2.45) is 0 Å². The van der Waals surface area contributed by atoms with E-state index in [9.17, 15) is 13.2 Å². The lowest BCUT2D eigenvalue weighted by molar-refractivity contribution is 0.102. The van der Waals surface area contributed by atoms with Crippen LogP contribution in [-0.4, -0.2) is 44.6 Å². The molecule has 3 rings (SSSR count). The van der Waals surface area contributed by atoms with Gasteiger partial charge in [-0.25, -0.2) is 8.42 Å². The largest absolute Gasteiger partial charge is 0.492 e. The molecule has 0 saturated carbocycles. The van der Waals surface area contributed by atoms with Crippen molar-refractivity contribution < 1.29 is 17.9 Å². The third-order valence-corrected chi connectivity index (χ3v) is 7.45. The number of hydrogen-bond acceptors (Lipinski definition) is 5. The smallest absolute Gasteiger partial charge is 0.255 e. The molecule has 156 valence electrons. The fourth-order valence-electron chi connectivity index (χ4n) is 3.25. The van der Waals surface area contributed by atoms with Gasteiger partial charge in [0, 0.05) is 29.2 Å². The first-order valence-corrected chi connectivity index (χ1v) is 12.3. The van der Waals surface area contributed by atoms with Crippen LogP contribution in [0.4, 0.5) is 5.69 Å². The van der Waals surface area contributed by atoms with E-state index in [0.29, 0.717) is 36.7 Å². The summed E-state index contributed by atoms with van der Waals surface area (Å²) in [6, 6.07) is 12.0. The second kappa shape index (κ2) is 9.65. The fourth-order valence-corrected chi connectivity index (χ4v) is 5.33. The number of benzene rings is 2. The summed E-state index contributed by atoms with van der Waals surface area (Å²) in [5, 5.41) is 2.80. The predicted molar refractivity (Wildman–Crippen MR) is 116 cm³/mol. The van der Waals surface area contributed by atoms with Crippen LogP contribution < -0.4 is 10.1 Å². The van der Waals surface area contributed by atoms with Gasteiger partial charge in [-0.2, -0.15) is 4.31 Å². The monoisotopic (exact) mass is 434 g/mol. The van der Waals surface area contributed by atoms with Gasteiger partial charge < -0.3 is 10.1 Å². The Balaban J connectivity index is 1.88. The number of anilines is 1. The number of ether oxygens (including phenoxy) is 1. The van der Waals surface area contributed by atoms with Crippen LogP contribution in [0, 0.1) is 0 Å². The van der Waals surface area contributed by atoms with E-state index in [4.69, 9.17) is 4.74 Å². The molecule has 0 radical (unpaired) electrons. The van der Waals surface area contributed by atoms with Crippen LogP contribution in [0.5, 0.6) is 5.75 Å². The first-order chi connectivity index (χ1) is 14.0. The van der Waals surface area contributed by atoms with Crippen molar-refractivity contribution in [1.29, 1.82) is 0 Å². The zero-order chi connectivity index (χ0) is 20.9. The van der Waals surface area contributed by atoms with Crippen molar-refractivity contribution in [3.8, 4) is 5.75 Å². The molecule has 1 amide bonds. The number of rotatable bonds is 7. The number of hydrogen-bond donors (Lipinski definition) is 1. The minimum atomic E-state index is -3.69. The molecule has 1 N–H and O–H groups in total. The van der Waals surface area contributed by atoms with Crippen molar-refractivity contribution >= 4 is 33.4 Å². The van der Waals surface area contributed by atoms with Crippen LogP contribution in [0.15, 0.2) is 52.3 Å². The SMILES string of the molecule is CCOc1ccc(NC(=O)c2ccc(SC)cc2)cc1S(=O)(=O)N1CCCCC1. The molecule has 1 aliphatic rings. The van der Waals surface area contributed by atoms with Crippen LogP contribution in [0.25, 0.3) is 0 Å². The Morgan fingerprint density at radius 2 is 1.79 bits per heavy atom. The molecule has 0 aromatic heterocycles. The highest BCUT2D eigenvalue weighted by molar-refractivity contribution is 7.98. The lowest BCUT2D eigenvalue weighted by atomic mass is 10.2. The first-order valence-electron chi connectivity index (χ1n) is 9.68. The third kappa shape index (κ3) is 5.12. The quantitative estimate of drug-likeness (QED) is 0.660. The Hall–Kier alpha value is -2.03. The number of carbonyl (C=O) groups excluding carboxylic acids is 1. The number of nitrogens with one attached hydrogen (secondary N) is 1. The molecule has 0 spiro atoms. The molecule has 1 saturated heterocycles. The van der Waals surface area contributed by atoms with E-state index in [2.05, 4.69) is 5.32 Å². The molecule has 0 bridgehead atoms. The highest BCUT2D eigenvalue weighted by Crippen LogP contribution is 2.31. The summed E-state index contributed by atoms with van der Waals surface area (Å²) in [6.45, 7) is 3.18. The lowest BCUT2D eigenvalue weighted by Crippen LogP contribution is -2.35. The van der Waals surface area contributed by atoms with E-state index >= 15 is 0 Å². The minimum Gasteiger partial charge on any atom is -0.492 e. The number of thioether (sulfide) groups is 1. The highest BCUT2D eigenvalue weighted by atomic mass is 32.2. The van der Waals surface area contributed by atoms with Crippen molar-refractivity contribution in [2.45, 2.75) is 36.0 Å². The summed E-state index contributed by atoms with van der Waals surface area (Å²) in [7, 11) is -3.69. The van der Waals surface area contributed by atoms with Crippen molar-refractivity contribution in [3.63, 3.8) is 0 Å². The summed E-state index contributed by atoms with van der Waals surface area (Å²) in [5.74, 6) is 0.0172. The molecule has 0 unspecified atom stereocenters. The van der Waals surface area contributed by atoms with Gasteiger partial charge in [-0.1, -0.05) is 6.42 Å². The number of sulfonamides is 1. The first kappa shape index (κ1) is 21.7. The standard InChI is InChI=1S/C21H26N2O4S2/c1-3-27-19-12-9-17(22-21(24)16-7-10-18(28-2)11-8-16)15-20(19)29(25,26)23-13-5-4-6-14-23/h7-12,15H,3-6,13-14H2,1-2H3,(H,22,24). The van der Waals surface area contributed by atoms with Gasteiger partial charge in [-0.3, -0.25) is 4.79 Å². The Kier molecular flexibility index (Phi) is 7.21. The summed E-state index contributed by atoms with van der Waals surface area (Å²) in [4.78, 5) is 13.7. The van der Waals surface area contributed by atoms with Crippen molar-refractivity contribution in [1.82, 2.24) is 4.31 Å². The van der Waals surface area contributed by atoms with Crippen molar-refractivity contribution in [2.75, 3.05) is 31.3 Å². The molecule has 29 heavy (non-hydrogen) atoms. The molecule has 1 aliphatic heterocycles. The second-order valence-corrected chi connectivity index (χ2v) is 9.53. The molecule has 8 heteroatoms. The molecule has 0 aliphatic carbocycles. The van der Waals surface area contributed by atoms with Gasteiger partial charge in [0.15, 0.2) is 0 Å². The number of amides is 1. The van der Waals surface area contributed by atoms with Crippen LogP contribution in [0.1, 0.15) is 36.5 Å². The predicted octanol–water partition coefficient (Wildman–Crippen LogP) is 4.23. The van der Waals surface area contributed by atoms with E-state index in [-0.39, 0.29) is 10.8 Å². The molecular formula is C21H26N2O4S2. The number of nitrogens with zero attached hydrogens (tertiary/aromatic N) is 1. The number of piperidine rings is 1. The van der Waals surface area contributed by atoms with E-state index in [1.165, 1.54) is 10.4 Å².